The third kappa shape index (κ3) is 6.19. The van der Waals surface area contributed by atoms with Crippen LogP contribution in [-0.2, 0) is 19.4 Å². The summed E-state index contributed by atoms with van der Waals surface area (Å²) >= 11 is 0. The van der Waals surface area contributed by atoms with Crippen molar-refractivity contribution in [3.8, 4) is 0 Å². The highest BCUT2D eigenvalue weighted by Crippen LogP contribution is 2.15. The molecule has 1 fully saturated rings. The highest BCUT2D eigenvalue weighted by Gasteiger charge is 2.19. The fraction of sp³-hybridized carbons (Fsp3) is 0.857. The lowest BCUT2D eigenvalue weighted by atomic mass is 10.0. The van der Waals surface area contributed by atoms with Gasteiger partial charge in [0.05, 0.1) is 0 Å². The number of nitrogens with zero attached hydrogens (tertiary/aromatic N) is 5. The van der Waals surface area contributed by atoms with Gasteiger partial charge in [-0.1, -0.05) is 19.8 Å². The van der Waals surface area contributed by atoms with Gasteiger partial charge in [-0.2, -0.15) is 0 Å². The summed E-state index contributed by atoms with van der Waals surface area (Å²) in [5.74, 6) is 3.27. The van der Waals surface area contributed by atoms with Gasteiger partial charge in [0, 0.05) is 52.1 Å². The quantitative estimate of drug-likeness (QED) is 0.406. The number of likely N-dealkylation sites (tertiary alicyclic amines) is 1. The first-order chi connectivity index (χ1) is 13.8. The van der Waals surface area contributed by atoms with Crippen LogP contribution in [0.25, 0.3) is 0 Å². The molecular weight excluding hydrogens is 350 g/mol. The van der Waals surface area contributed by atoms with Gasteiger partial charge >= 0.3 is 0 Å². The topological polar surface area (TPSA) is 70.4 Å². The summed E-state index contributed by atoms with van der Waals surface area (Å²) in [6, 6.07) is 0.538. The van der Waals surface area contributed by atoms with E-state index in [2.05, 4.69) is 42.2 Å². The summed E-state index contributed by atoms with van der Waals surface area (Å²) in [6.45, 7) is 7.92. The molecule has 3 heterocycles. The minimum absolute atomic E-state index is 0.538. The number of hydrogen-bond donors (Lipinski definition) is 2. The first kappa shape index (κ1) is 21.1. The van der Waals surface area contributed by atoms with Crippen molar-refractivity contribution in [3.63, 3.8) is 0 Å². The van der Waals surface area contributed by atoms with Gasteiger partial charge in [0.2, 0.25) is 0 Å². The number of rotatable bonds is 8. The zero-order chi connectivity index (χ0) is 19.6. The first-order valence-corrected chi connectivity index (χ1v) is 11.4. The number of hydrogen-bond acceptors (Lipinski definition) is 4. The van der Waals surface area contributed by atoms with E-state index < -0.39 is 0 Å². The molecule has 2 aliphatic rings. The molecule has 0 radical (unpaired) electrons. The van der Waals surface area contributed by atoms with E-state index >= 15 is 0 Å². The third-order valence-electron chi connectivity index (χ3n) is 6.04. The van der Waals surface area contributed by atoms with Gasteiger partial charge in [0.1, 0.15) is 11.6 Å². The van der Waals surface area contributed by atoms with Crippen molar-refractivity contribution in [2.24, 2.45) is 4.99 Å². The van der Waals surface area contributed by atoms with E-state index in [-0.39, 0.29) is 0 Å². The molecule has 0 aliphatic carbocycles. The van der Waals surface area contributed by atoms with E-state index in [0.29, 0.717) is 6.04 Å². The van der Waals surface area contributed by atoms with Gasteiger partial charge in [0.15, 0.2) is 5.96 Å². The standard InChI is InChI=1S/C21H39N7/c1-3-4-14-27-16-11-18(12-17-27)24-21(22-2)23-13-8-10-20-26-25-19-9-6-5-7-15-28(19)20/h18H,3-17H2,1-2H3,(H2,22,23,24). The largest absolute Gasteiger partial charge is 0.356 e. The second-order valence-electron chi connectivity index (χ2n) is 8.21. The van der Waals surface area contributed by atoms with Crippen molar-refractivity contribution in [2.45, 2.75) is 83.7 Å². The normalized spacial score (nSPS) is 19.3. The van der Waals surface area contributed by atoms with Gasteiger partial charge in [0.25, 0.3) is 0 Å². The predicted octanol–water partition coefficient (Wildman–Crippen LogP) is 2.37. The van der Waals surface area contributed by atoms with Crippen LogP contribution in [0.4, 0.5) is 0 Å². The molecule has 7 nitrogen and oxygen atoms in total. The molecule has 1 aromatic rings. The Morgan fingerprint density at radius 3 is 2.75 bits per heavy atom. The summed E-state index contributed by atoms with van der Waals surface area (Å²) < 4.78 is 2.35. The second kappa shape index (κ2) is 11.4. The van der Waals surface area contributed by atoms with Crippen LogP contribution < -0.4 is 10.6 Å². The van der Waals surface area contributed by atoms with Crippen LogP contribution in [0.1, 0.15) is 69.9 Å². The minimum atomic E-state index is 0.538. The molecule has 2 N–H and O–H groups in total. The maximum Gasteiger partial charge on any atom is 0.191 e. The minimum Gasteiger partial charge on any atom is -0.356 e. The lowest BCUT2D eigenvalue weighted by Gasteiger charge is -2.33. The second-order valence-corrected chi connectivity index (χ2v) is 8.21. The summed E-state index contributed by atoms with van der Waals surface area (Å²) in [5, 5.41) is 15.9. The number of nitrogens with one attached hydrogen (secondary N) is 2. The summed E-state index contributed by atoms with van der Waals surface area (Å²) in [6.07, 6.45) is 11.9. The van der Waals surface area contributed by atoms with Crippen LogP contribution >= 0.6 is 0 Å². The smallest absolute Gasteiger partial charge is 0.191 e. The molecule has 7 heteroatoms. The van der Waals surface area contributed by atoms with E-state index in [1.54, 1.807) is 0 Å². The van der Waals surface area contributed by atoms with Crippen molar-refractivity contribution >= 4 is 5.96 Å². The first-order valence-electron chi connectivity index (χ1n) is 11.4. The van der Waals surface area contributed by atoms with Crippen LogP contribution in [0.3, 0.4) is 0 Å². The highest BCUT2D eigenvalue weighted by atomic mass is 15.3. The molecule has 0 saturated carbocycles. The Labute approximate surface area is 170 Å². The number of guanidine groups is 1. The SMILES string of the molecule is CCCCN1CCC(NC(=NC)NCCCc2nnc3n2CCCCC3)CC1. The zero-order valence-electron chi connectivity index (χ0n) is 17.9. The number of fused-ring (bicyclic) bond motifs is 1. The molecule has 0 aromatic carbocycles. The van der Waals surface area contributed by atoms with Gasteiger partial charge in [-0.05, 0) is 45.1 Å². The van der Waals surface area contributed by atoms with Crippen LogP contribution in [0, 0.1) is 0 Å². The average Bonchev–Trinajstić information content (AvgIpc) is 2.95. The van der Waals surface area contributed by atoms with Crippen molar-refractivity contribution in [1.29, 1.82) is 0 Å². The Hall–Kier alpha value is -1.63. The number of unbranched alkanes of at least 4 members (excludes halogenated alkanes) is 1. The lowest BCUT2D eigenvalue weighted by Crippen LogP contribution is -2.49. The zero-order valence-corrected chi connectivity index (χ0v) is 17.9. The highest BCUT2D eigenvalue weighted by molar-refractivity contribution is 5.79. The summed E-state index contributed by atoms with van der Waals surface area (Å²) in [4.78, 5) is 7.01. The van der Waals surface area contributed by atoms with Crippen molar-refractivity contribution < 1.29 is 0 Å². The van der Waals surface area contributed by atoms with E-state index in [4.69, 9.17) is 0 Å². The van der Waals surface area contributed by atoms with Crippen LogP contribution in [0.15, 0.2) is 4.99 Å². The van der Waals surface area contributed by atoms with E-state index in [1.807, 2.05) is 7.05 Å². The Balaban J connectivity index is 1.35. The Morgan fingerprint density at radius 1 is 1.11 bits per heavy atom. The molecular formula is C21H39N7. The molecule has 0 bridgehead atoms. The fourth-order valence-electron chi connectivity index (χ4n) is 4.25. The fourth-order valence-corrected chi connectivity index (χ4v) is 4.25. The molecule has 0 atom stereocenters. The number of aliphatic imine (C=N–C) groups is 1. The summed E-state index contributed by atoms with van der Waals surface area (Å²) in [7, 11) is 1.87. The van der Waals surface area contributed by atoms with Crippen molar-refractivity contribution in [3.05, 3.63) is 11.6 Å². The van der Waals surface area contributed by atoms with Crippen molar-refractivity contribution in [2.75, 3.05) is 33.2 Å². The van der Waals surface area contributed by atoms with Crippen LogP contribution in [0.5, 0.6) is 0 Å². The summed E-state index contributed by atoms with van der Waals surface area (Å²) in [5.41, 5.74) is 0. The van der Waals surface area contributed by atoms with Crippen molar-refractivity contribution in [1.82, 2.24) is 30.3 Å². The Morgan fingerprint density at radius 2 is 1.96 bits per heavy atom. The Kier molecular flexibility index (Phi) is 8.58. The average molecular weight is 390 g/mol. The molecule has 158 valence electrons. The van der Waals surface area contributed by atoms with E-state index in [0.717, 1.165) is 44.1 Å². The Bertz CT molecular complexity index is 602. The van der Waals surface area contributed by atoms with Crippen LogP contribution in [0.2, 0.25) is 0 Å². The molecule has 28 heavy (non-hydrogen) atoms. The number of aromatic nitrogens is 3. The molecule has 2 aliphatic heterocycles. The lowest BCUT2D eigenvalue weighted by molar-refractivity contribution is 0.203. The van der Waals surface area contributed by atoms with E-state index in [1.165, 1.54) is 70.4 Å². The predicted molar refractivity (Wildman–Crippen MR) is 115 cm³/mol. The molecule has 1 saturated heterocycles. The molecule has 0 spiro atoms. The third-order valence-corrected chi connectivity index (χ3v) is 6.04. The molecule has 0 unspecified atom stereocenters. The molecule has 3 rings (SSSR count). The number of piperidine rings is 1. The molecule has 1 aromatic heterocycles. The van der Waals surface area contributed by atoms with Gasteiger partial charge in [-0.25, -0.2) is 0 Å². The van der Waals surface area contributed by atoms with Gasteiger partial charge in [-0.15, -0.1) is 10.2 Å². The maximum atomic E-state index is 4.43. The molecule has 0 amide bonds. The van der Waals surface area contributed by atoms with Gasteiger partial charge < -0.3 is 20.1 Å². The van der Waals surface area contributed by atoms with Crippen LogP contribution in [-0.4, -0.2) is 64.9 Å². The number of aryl methyl sites for hydroxylation is 2. The maximum absolute atomic E-state index is 4.43. The monoisotopic (exact) mass is 389 g/mol. The van der Waals surface area contributed by atoms with Gasteiger partial charge in [-0.3, -0.25) is 4.99 Å². The van der Waals surface area contributed by atoms with E-state index in [9.17, 15) is 0 Å².